The summed E-state index contributed by atoms with van der Waals surface area (Å²) in [6.45, 7) is 0. The van der Waals surface area contributed by atoms with Crippen LogP contribution in [-0.2, 0) is 16.0 Å². The van der Waals surface area contributed by atoms with Crippen LogP contribution in [0.3, 0.4) is 0 Å². The summed E-state index contributed by atoms with van der Waals surface area (Å²) in [6, 6.07) is 4.18. The third-order valence-electron chi connectivity index (χ3n) is 2.90. The second kappa shape index (κ2) is 3.96. The first-order chi connectivity index (χ1) is 8.14. The number of hydrogen-bond acceptors (Lipinski definition) is 3. The van der Waals surface area contributed by atoms with Gasteiger partial charge in [0.15, 0.2) is 9.84 Å². The van der Waals surface area contributed by atoms with Gasteiger partial charge in [0.05, 0.1) is 16.2 Å². The van der Waals surface area contributed by atoms with Gasteiger partial charge >= 0.3 is 6.18 Å². The molecule has 100 valence electrons. The molecular weight excluding hydrogens is 267 g/mol. The Bertz CT molecular complexity index is 562. The van der Waals surface area contributed by atoms with Crippen molar-refractivity contribution in [2.75, 3.05) is 5.75 Å². The Hall–Kier alpha value is -1.08. The first-order valence-electron chi connectivity index (χ1n) is 5.32. The van der Waals surface area contributed by atoms with Crippen molar-refractivity contribution in [2.24, 2.45) is 5.73 Å². The van der Waals surface area contributed by atoms with Gasteiger partial charge < -0.3 is 5.73 Å². The third kappa shape index (κ3) is 2.67. The highest BCUT2D eigenvalue weighted by Gasteiger charge is 2.45. The molecule has 2 rings (SSSR count). The zero-order chi connectivity index (χ0) is 13.6. The molecule has 1 saturated carbocycles. The van der Waals surface area contributed by atoms with Gasteiger partial charge in [-0.25, -0.2) is 8.42 Å². The smallest absolute Gasteiger partial charge is 0.324 e. The van der Waals surface area contributed by atoms with Crippen molar-refractivity contribution in [3.63, 3.8) is 0 Å². The number of hydrogen-bond donors (Lipinski definition) is 1. The topological polar surface area (TPSA) is 60.2 Å². The van der Waals surface area contributed by atoms with E-state index in [0.29, 0.717) is 12.8 Å². The minimum atomic E-state index is -4.69. The van der Waals surface area contributed by atoms with Crippen LogP contribution >= 0.6 is 0 Å². The van der Waals surface area contributed by atoms with Crippen molar-refractivity contribution in [2.45, 2.75) is 29.5 Å². The average molecular weight is 279 g/mol. The van der Waals surface area contributed by atoms with E-state index in [4.69, 9.17) is 5.73 Å². The number of benzene rings is 1. The number of alkyl halides is 3. The lowest BCUT2D eigenvalue weighted by Crippen LogP contribution is -2.32. The molecule has 1 aromatic rings. The van der Waals surface area contributed by atoms with Gasteiger partial charge in [-0.1, -0.05) is 12.1 Å². The fraction of sp³-hybridized carbons (Fsp3) is 0.455. The maximum atomic E-state index is 12.7. The molecule has 1 aromatic carbocycles. The molecule has 3 nitrogen and oxygen atoms in total. The summed E-state index contributed by atoms with van der Waals surface area (Å²) < 4.78 is 62.1. The van der Waals surface area contributed by atoms with Crippen molar-refractivity contribution in [3.05, 3.63) is 29.8 Å². The fourth-order valence-electron chi connectivity index (χ4n) is 1.73. The standard InChI is InChI=1S/C11H12F3NO2S/c12-11(13,14)8-3-1-2-4-9(8)18(16,17)7-10(15)5-6-10/h1-4H,5-7,15H2. The van der Waals surface area contributed by atoms with Crippen LogP contribution in [0, 0.1) is 0 Å². The van der Waals surface area contributed by atoms with Crippen molar-refractivity contribution in [1.29, 1.82) is 0 Å². The van der Waals surface area contributed by atoms with Crippen LogP contribution in [0.1, 0.15) is 18.4 Å². The number of halogens is 3. The Morgan fingerprint density at radius 2 is 1.78 bits per heavy atom. The molecule has 18 heavy (non-hydrogen) atoms. The van der Waals surface area contributed by atoms with E-state index >= 15 is 0 Å². The summed E-state index contributed by atoms with van der Waals surface area (Å²) in [5.41, 5.74) is 3.69. The van der Waals surface area contributed by atoms with Crippen LogP contribution in [0.5, 0.6) is 0 Å². The second-order valence-electron chi connectivity index (χ2n) is 4.62. The Kier molecular flexibility index (Phi) is 2.94. The molecule has 0 aliphatic heterocycles. The predicted molar refractivity (Wildman–Crippen MR) is 59.6 cm³/mol. The molecule has 0 atom stereocenters. The molecule has 2 N–H and O–H groups in total. The molecule has 0 radical (unpaired) electrons. The highest BCUT2D eigenvalue weighted by Crippen LogP contribution is 2.38. The lowest BCUT2D eigenvalue weighted by Gasteiger charge is -2.15. The molecule has 0 bridgehead atoms. The van der Waals surface area contributed by atoms with Gasteiger partial charge in [-0.2, -0.15) is 13.2 Å². The zero-order valence-corrected chi connectivity index (χ0v) is 10.2. The van der Waals surface area contributed by atoms with Crippen molar-refractivity contribution < 1.29 is 21.6 Å². The monoisotopic (exact) mass is 279 g/mol. The molecule has 0 amide bonds. The molecule has 1 fully saturated rings. The van der Waals surface area contributed by atoms with Crippen LogP contribution in [0.15, 0.2) is 29.2 Å². The summed E-state index contributed by atoms with van der Waals surface area (Å²) >= 11 is 0. The van der Waals surface area contributed by atoms with Gasteiger partial charge in [0.1, 0.15) is 0 Å². The first-order valence-corrected chi connectivity index (χ1v) is 6.97. The second-order valence-corrected chi connectivity index (χ2v) is 6.57. The van der Waals surface area contributed by atoms with E-state index < -0.39 is 37.8 Å². The normalized spacial score (nSPS) is 18.7. The summed E-state index contributed by atoms with van der Waals surface area (Å²) in [7, 11) is -4.01. The zero-order valence-electron chi connectivity index (χ0n) is 9.37. The molecule has 0 heterocycles. The van der Waals surface area contributed by atoms with Gasteiger partial charge in [0.2, 0.25) is 0 Å². The Morgan fingerprint density at radius 3 is 2.28 bits per heavy atom. The van der Waals surface area contributed by atoms with Crippen LogP contribution in [-0.4, -0.2) is 19.7 Å². The minimum absolute atomic E-state index is 0.437. The summed E-state index contributed by atoms with van der Waals surface area (Å²) in [5, 5.41) is 0. The molecular formula is C11H12F3NO2S. The Morgan fingerprint density at radius 1 is 1.22 bits per heavy atom. The number of rotatable bonds is 3. The quantitative estimate of drug-likeness (QED) is 0.920. The minimum Gasteiger partial charge on any atom is -0.324 e. The van der Waals surface area contributed by atoms with Crippen LogP contribution in [0.2, 0.25) is 0 Å². The summed E-state index contributed by atoms with van der Waals surface area (Å²) in [6.07, 6.45) is -3.63. The molecule has 0 spiro atoms. The van der Waals surface area contributed by atoms with Crippen LogP contribution in [0.4, 0.5) is 13.2 Å². The molecule has 7 heteroatoms. The lowest BCUT2D eigenvalue weighted by molar-refractivity contribution is -0.139. The molecule has 0 aromatic heterocycles. The largest absolute Gasteiger partial charge is 0.417 e. The maximum absolute atomic E-state index is 12.7. The predicted octanol–water partition coefficient (Wildman–Crippen LogP) is 1.97. The number of sulfone groups is 1. The van der Waals surface area contributed by atoms with Gasteiger partial charge in [-0.3, -0.25) is 0 Å². The van der Waals surface area contributed by atoms with E-state index in [9.17, 15) is 21.6 Å². The van der Waals surface area contributed by atoms with E-state index in [1.807, 2.05) is 0 Å². The number of nitrogens with two attached hydrogens (primary N) is 1. The maximum Gasteiger partial charge on any atom is 0.417 e. The van der Waals surface area contributed by atoms with E-state index in [1.54, 1.807) is 0 Å². The fourth-order valence-corrected chi connectivity index (χ4v) is 3.74. The van der Waals surface area contributed by atoms with Crippen molar-refractivity contribution in [3.8, 4) is 0 Å². The molecule has 0 saturated heterocycles. The summed E-state index contributed by atoms with van der Waals surface area (Å²) in [4.78, 5) is -0.686. The van der Waals surface area contributed by atoms with E-state index in [2.05, 4.69) is 0 Å². The Labute approximate surface area is 103 Å². The average Bonchev–Trinajstić information content (AvgIpc) is 2.93. The van der Waals surface area contributed by atoms with Gasteiger partial charge in [-0.05, 0) is 25.0 Å². The van der Waals surface area contributed by atoms with Crippen LogP contribution in [0.25, 0.3) is 0 Å². The highest BCUT2D eigenvalue weighted by molar-refractivity contribution is 7.91. The van der Waals surface area contributed by atoms with Crippen molar-refractivity contribution >= 4 is 9.84 Å². The Balaban J connectivity index is 2.44. The first kappa shape index (κ1) is 13.4. The third-order valence-corrected chi connectivity index (χ3v) is 4.88. The molecule has 1 aliphatic rings. The van der Waals surface area contributed by atoms with E-state index in [1.165, 1.54) is 6.07 Å². The van der Waals surface area contributed by atoms with E-state index in [-0.39, 0.29) is 0 Å². The summed E-state index contributed by atoms with van der Waals surface area (Å²) in [5.74, 6) is -0.437. The SMILES string of the molecule is NC1(CS(=O)(=O)c2ccccc2C(F)(F)F)CC1. The van der Waals surface area contributed by atoms with Crippen LogP contribution < -0.4 is 5.73 Å². The van der Waals surface area contributed by atoms with Crippen molar-refractivity contribution in [1.82, 2.24) is 0 Å². The molecule has 1 aliphatic carbocycles. The van der Waals surface area contributed by atoms with E-state index in [0.717, 1.165) is 18.2 Å². The molecule has 0 unspecified atom stereocenters. The van der Waals surface area contributed by atoms with Gasteiger partial charge in [0.25, 0.3) is 0 Å². The highest BCUT2D eigenvalue weighted by atomic mass is 32.2. The van der Waals surface area contributed by atoms with Gasteiger partial charge in [-0.15, -0.1) is 0 Å². The van der Waals surface area contributed by atoms with Gasteiger partial charge in [0, 0.05) is 5.54 Å². The lowest BCUT2D eigenvalue weighted by atomic mass is 10.2.